The van der Waals surface area contributed by atoms with E-state index in [1.54, 1.807) is 0 Å². The molecule has 0 bridgehead atoms. The summed E-state index contributed by atoms with van der Waals surface area (Å²) in [5, 5.41) is 3.45. The maximum Gasteiger partial charge on any atom is 0.00104 e. The first kappa shape index (κ1) is 11.7. The quantitative estimate of drug-likeness (QED) is 0.456. The highest BCUT2D eigenvalue weighted by atomic mass is 14.9. The fraction of sp³-hybridized carbons (Fsp3) is 0.818. The Hall–Kier alpha value is -0.300. The zero-order valence-corrected chi connectivity index (χ0v) is 8.77. The Bertz CT molecular complexity index is 108. The Morgan fingerprint density at radius 2 is 2.00 bits per heavy atom. The van der Waals surface area contributed by atoms with Gasteiger partial charge in [0.2, 0.25) is 0 Å². The highest BCUT2D eigenvalue weighted by molar-refractivity contribution is 4.67. The van der Waals surface area contributed by atoms with Crippen LogP contribution in [0, 0.1) is 5.92 Å². The standard InChI is InChI=1S/C11H23N/c1-5-6-7-8-11(4)9-12-10(2)3/h5,10-12H,1,6-9H2,2-4H3. The summed E-state index contributed by atoms with van der Waals surface area (Å²) in [5.74, 6) is 0.798. The van der Waals surface area contributed by atoms with E-state index in [2.05, 4.69) is 32.7 Å². The first-order valence-corrected chi connectivity index (χ1v) is 5.01. The summed E-state index contributed by atoms with van der Waals surface area (Å²) in [4.78, 5) is 0. The Labute approximate surface area is 77.2 Å². The van der Waals surface area contributed by atoms with Crippen molar-refractivity contribution in [3.63, 3.8) is 0 Å². The van der Waals surface area contributed by atoms with E-state index in [4.69, 9.17) is 0 Å². The van der Waals surface area contributed by atoms with Gasteiger partial charge in [-0.3, -0.25) is 0 Å². The van der Waals surface area contributed by atoms with Gasteiger partial charge in [0.1, 0.15) is 0 Å². The topological polar surface area (TPSA) is 12.0 Å². The van der Waals surface area contributed by atoms with Gasteiger partial charge < -0.3 is 5.32 Å². The average molecular weight is 169 g/mol. The molecule has 0 heterocycles. The largest absolute Gasteiger partial charge is 0.314 e. The number of allylic oxidation sites excluding steroid dienone is 1. The molecule has 0 fully saturated rings. The van der Waals surface area contributed by atoms with Crippen LogP contribution in [0.25, 0.3) is 0 Å². The molecule has 0 saturated carbocycles. The van der Waals surface area contributed by atoms with E-state index in [1.165, 1.54) is 12.8 Å². The maximum atomic E-state index is 3.72. The van der Waals surface area contributed by atoms with Crippen molar-refractivity contribution in [1.82, 2.24) is 5.32 Å². The highest BCUT2D eigenvalue weighted by Crippen LogP contribution is 2.06. The first-order valence-electron chi connectivity index (χ1n) is 5.01. The molecule has 0 aromatic heterocycles. The van der Waals surface area contributed by atoms with Gasteiger partial charge in [-0.05, 0) is 31.7 Å². The van der Waals surface area contributed by atoms with E-state index in [-0.39, 0.29) is 0 Å². The molecule has 0 aromatic carbocycles. The van der Waals surface area contributed by atoms with Crippen LogP contribution >= 0.6 is 0 Å². The molecule has 0 aliphatic rings. The van der Waals surface area contributed by atoms with Gasteiger partial charge >= 0.3 is 0 Å². The molecule has 0 aliphatic carbocycles. The monoisotopic (exact) mass is 169 g/mol. The maximum absolute atomic E-state index is 3.72. The number of hydrogen-bond acceptors (Lipinski definition) is 1. The van der Waals surface area contributed by atoms with Crippen LogP contribution in [0.5, 0.6) is 0 Å². The van der Waals surface area contributed by atoms with Crippen molar-refractivity contribution in [2.75, 3.05) is 6.54 Å². The molecule has 1 unspecified atom stereocenters. The van der Waals surface area contributed by atoms with Gasteiger partial charge in [0.25, 0.3) is 0 Å². The fourth-order valence-electron chi connectivity index (χ4n) is 1.15. The van der Waals surface area contributed by atoms with Crippen LogP contribution in [0.2, 0.25) is 0 Å². The van der Waals surface area contributed by atoms with Crippen molar-refractivity contribution in [3.05, 3.63) is 12.7 Å². The molecule has 0 spiro atoms. The summed E-state index contributed by atoms with van der Waals surface area (Å²) < 4.78 is 0. The van der Waals surface area contributed by atoms with Crippen LogP contribution in [0.3, 0.4) is 0 Å². The second-order valence-corrected chi connectivity index (χ2v) is 3.89. The summed E-state index contributed by atoms with van der Waals surface area (Å²) in [7, 11) is 0. The Morgan fingerprint density at radius 3 is 2.50 bits per heavy atom. The molecule has 1 atom stereocenters. The molecule has 0 aromatic rings. The third-order valence-corrected chi connectivity index (χ3v) is 1.98. The van der Waals surface area contributed by atoms with Crippen LogP contribution < -0.4 is 5.32 Å². The smallest absolute Gasteiger partial charge is 0.00104 e. The molecular weight excluding hydrogens is 146 g/mol. The molecular formula is C11H23N. The Morgan fingerprint density at radius 1 is 1.33 bits per heavy atom. The van der Waals surface area contributed by atoms with Gasteiger partial charge in [0.15, 0.2) is 0 Å². The molecule has 1 heteroatoms. The van der Waals surface area contributed by atoms with Gasteiger partial charge in [0.05, 0.1) is 0 Å². The summed E-state index contributed by atoms with van der Waals surface area (Å²) in [6, 6.07) is 0.617. The highest BCUT2D eigenvalue weighted by Gasteiger charge is 2.01. The molecule has 1 N–H and O–H groups in total. The van der Waals surface area contributed by atoms with Crippen LogP contribution in [0.4, 0.5) is 0 Å². The predicted octanol–water partition coefficient (Wildman–Crippen LogP) is 2.98. The Kier molecular flexibility index (Phi) is 7.17. The van der Waals surface area contributed by atoms with Gasteiger partial charge in [0, 0.05) is 6.04 Å². The molecule has 0 rings (SSSR count). The van der Waals surface area contributed by atoms with E-state index >= 15 is 0 Å². The predicted molar refractivity (Wildman–Crippen MR) is 56.4 cm³/mol. The van der Waals surface area contributed by atoms with Crippen molar-refractivity contribution >= 4 is 0 Å². The lowest BCUT2D eigenvalue weighted by Crippen LogP contribution is -2.27. The molecule has 0 aliphatic heterocycles. The molecule has 72 valence electrons. The van der Waals surface area contributed by atoms with Crippen molar-refractivity contribution < 1.29 is 0 Å². The fourth-order valence-corrected chi connectivity index (χ4v) is 1.15. The first-order chi connectivity index (χ1) is 5.66. The lowest BCUT2D eigenvalue weighted by Gasteiger charge is -2.13. The van der Waals surface area contributed by atoms with Crippen LogP contribution in [0.15, 0.2) is 12.7 Å². The summed E-state index contributed by atoms with van der Waals surface area (Å²) in [6.45, 7) is 11.5. The minimum atomic E-state index is 0.617. The SMILES string of the molecule is C=CCCCC(C)CNC(C)C. The lowest BCUT2D eigenvalue weighted by atomic mass is 10.0. The lowest BCUT2D eigenvalue weighted by molar-refractivity contribution is 0.444. The number of unbranched alkanes of at least 4 members (excludes halogenated alkanes) is 1. The zero-order chi connectivity index (χ0) is 9.40. The minimum absolute atomic E-state index is 0.617. The third-order valence-electron chi connectivity index (χ3n) is 1.98. The van der Waals surface area contributed by atoms with Crippen molar-refractivity contribution in [1.29, 1.82) is 0 Å². The molecule has 1 nitrogen and oxygen atoms in total. The molecule has 0 amide bonds. The summed E-state index contributed by atoms with van der Waals surface area (Å²) in [5.41, 5.74) is 0. The van der Waals surface area contributed by atoms with Crippen LogP contribution in [-0.4, -0.2) is 12.6 Å². The van der Waals surface area contributed by atoms with E-state index in [9.17, 15) is 0 Å². The van der Waals surface area contributed by atoms with Crippen molar-refractivity contribution in [3.8, 4) is 0 Å². The van der Waals surface area contributed by atoms with Gasteiger partial charge in [-0.1, -0.05) is 26.8 Å². The van der Waals surface area contributed by atoms with Gasteiger partial charge in [-0.15, -0.1) is 6.58 Å². The van der Waals surface area contributed by atoms with Crippen molar-refractivity contribution in [2.45, 2.75) is 46.1 Å². The van der Waals surface area contributed by atoms with E-state index in [0.717, 1.165) is 18.9 Å². The average Bonchev–Trinajstić information content (AvgIpc) is 2.01. The second kappa shape index (κ2) is 7.35. The van der Waals surface area contributed by atoms with Gasteiger partial charge in [-0.2, -0.15) is 0 Å². The Balaban J connectivity index is 3.21. The summed E-state index contributed by atoms with van der Waals surface area (Å²) in [6.07, 6.45) is 5.75. The molecule has 12 heavy (non-hydrogen) atoms. The third kappa shape index (κ3) is 7.80. The zero-order valence-electron chi connectivity index (χ0n) is 8.77. The number of rotatable bonds is 7. The van der Waals surface area contributed by atoms with Crippen LogP contribution in [0.1, 0.15) is 40.0 Å². The van der Waals surface area contributed by atoms with E-state index < -0.39 is 0 Å². The normalized spacial score (nSPS) is 13.3. The molecule has 0 saturated heterocycles. The van der Waals surface area contributed by atoms with E-state index in [0.29, 0.717) is 6.04 Å². The van der Waals surface area contributed by atoms with Crippen molar-refractivity contribution in [2.24, 2.45) is 5.92 Å². The number of hydrogen-bond donors (Lipinski definition) is 1. The minimum Gasteiger partial charge on any atom is -0.314 e. The van der Waals surface area contributed by atoms with Crippen LogP contribution in [-0.2, 0) is 0 Å². The summed E-state index contributed by atoms with van der Waals surface area (Å²) >= 11 is 0. The van der Waals surface area contributed by atoms with E-state index in [1.807, 2.05) is 6.08 Å². The molecule has 0 radical (unpaired) electrons. The second-order valence-electron chi connectivity index (χ2n) is 3.89. The number of nitrogens with one attached hydrogen (secondary N) is 1. The van der Waals surface area contributed by atoms with Gasteiger partial charge in [-0.25, -0.2) is 0 Å².